The van der Waals surface area contributed by atoms with Crippen molar-refractivity contribution in [3.05, 3.63) is 54.4 Å². The Morgan fingerprint density at radius 1 is 1.08 bits per heavy atom. The fourth-order valence-electron chi connectivity index (χ4n) is 2.21. The highest BCUT2D eigenvalue weighted by Gasteiger charge is 2.19. The normalized spacial score (nSPS) is 11.5. The first-order chi connectivity index (χ1) is 12.0. The van der Waals surface area contributed by atoms with Crippen molar-refractivity contribution in [2.24, 2.45) is 0 Å². The van der Waals surface area contributed by atoms with Gasteiger partial charge in [-0.25, -0.2) is 9.97 Å². The molecule has 0 aliphatic carbocycles. The van der Waals surface area contributed by atoms with Gasteiger partial charge < -0.3 is 14.5 Å². The van der Waals surface area contributed by atoms with Crippen LogP contribution in [-0.2, 0) is 14.3 Å². The van der Waals surface area contributed by atoms with E-state index in [2.05, 4.69) is 9.97 Å². The summed E-state index contributed by atoms with van der Waals surface area (Å²) < 4.78 is 5.08. The van der Waals surface area contributed by atoms with Crippen molar-refractivity contribution in [1.82, 2.24) is 14.9 Å². The van der Waals surface area contributed by atoms with Crippen molar-refractivity contribution < 1.29 is 14.3 Å². The summed E-state index contributed by atoms with van der Waals surface area (Å²) >= 11 is 0. The molecule has 7 heteroatoms. The number of benzene rings is 1. The number of carbonyl (C=O) groups excluding carboxylic acids is 2. The minimum atomic E-state index is -0.510. The maximum Gasteiger partial charge on any atom is 0.326 e. The van der Waals surface area contributed by atoms with Crippen LogP contribution in [0.5, 0.6) is 0 Å². The second kappa shape index (κ2) is 8.77. The van der Waals surface area contributed by atoms with Crippen LogP contribution in [0.4, 0.5) is 5.95 Å². The maximum atomic E-state index is 12.2. The van der Waals surface area contributed by atoms with E-state index in [1.807, 2.05) is 37.3 Å². The highest BCUT2D eigenvalue weighted by Crippen LogP contribution is 2.18. The van der Waals surface area contributed by atoms with Crippen LogP contribution in [0.25, 0.3) is 0 Å². The van der Waals surface area contributed by atoms with Crippen molar-refractivity contribution in [2.75, 3.05) is 32.1 Å². The van der Waals surface area contributed by atoms with Gasteiger partial charge in [0.15, 0.2) is 6.61 Å². The Morgan fingerprint density at radius 3 is 2.36 bits per heavy atom. The van der Waals surface area contributed by atoms with Gasteiger partial charge in [-0.05, 0) is 18.6 Å². The number of ether oxygens (including phenoxy) is 1. The number of esters is 1. The zero-order valence-electron chi connectivity index (χ0n) is 14.6. The molecule has 1 unspecified atom stereocenters. The lowest BCUT2D eigenvalue weighted by molar-refractivity contribution is -0.151. The molecule has 0 spiro atoms. The number of amides is 1. The van der Waals surface area contributed by atoms with Gasteiger partial charge in [0.2, 0.25) is 5.95 Å². The molecule has 0 radical (unpaired) electrons. The van der Waals surface area contributed by atoms with E-state index in [0.717, 1.165) is 5.56 Å². The monoisotopic (exact) mass is 342 g/mol. The number of nitrogens with zero attached hydrogens (tertiary/aromatic N) is 4. The SMILES string of the molecule is CC(c1ccccc1)N(C)C(=O)COC(=O)CN(C)c1ncccn1. The predicted octanol–water partition coefficient (Wildman–Crippen LogP) is 1.68. The number of likely N-dealkylation sites (N-methyl/N-ethyl adjacent to an activating group) is 2. The molecule has 1 aromatic heterocycles. The molecule has 25 heavy (non-hydrogen) atoms. The second-order valence-electron chi connectivity index (χ2n) is 5.66. The van der Waals surface area contributed by atoms with Gasteiger partial charge in [-0.15, -0.1) is 0 Å². The summed E-state index contributed by atoms with van der Waals surface area (Å²) in [6.45, 7) is 1.60. The Morgan fingerprint density at radius 2 is 1.72 bits per heavy atom. The summed E-state index contributed by atoms with van der Waals surface area (Å²) in [6, 6.07) is 11.3. The molecular formula is C18H22N4O3. The number of rotatable bonds is 7. The fourth-order valence-corrected chi connectivity index (χ4v) is 2.21. The Bertz CT molecular complexity index is 694. The summed E-state index contributed by atoms with van der Waals surface area (Å²) in [7, 11) is 3.37. The average molecular weight is 342 g/mol. The quantitative estimate of drug-likeness (QED) is 0.713. The molecule has 0 fully saturated rings. The Labute approximate surface area is 147 Å². The number of hydrogen-bond acceptors (Lipinski definition) is 6. The summed E-state index contributed by atoms with van der Waals surface area (Å²) in [4.78, 5) is 35.3. The maximum absolute atomic E-state index is 12.2. The van der Waals surface area contributed by atoms with E-state index in [9.17, 15) is 9.59 Å². The number of carbonyl (C=O) groups is 2. The van der Waals surface area contributed by atoms with Gasteiger partial charge in [0, 0.05) is 26.5 Å². The molecule has 1 atom stereocenters. The van der Waals surface area contributed by atoms with E-state index in [1.165, 1.54) is 0 Å². The molecule has 0 aliphatic heterocycles. The van der Waals surface area contributed by atoms with Crippen LogP contribution in [0.15, 0.2) is 48.8 Å². The Hall–Kier alpha value is -2.96. The molecule has 7 nitrogen and oxygen atoms in total. The van der Waals surface area contributed by atoms with Gasteiger partial charge in [0.25, 0.3) is 5.91 Å². The molecule has 1 heterocycles. The van der Waals surface area contributed by atoms with E-state index < -0.39 is 5.97 Å². The van der Waals surface area contributed by atoms with Crippen LogP contribution in [0.3, 0.4) is 0 Å². The molecule has 0 saturated carbocycles. The molecule has 132 valence electrons. The highest BCUT2D eigenvalue weighted by atomic mass is 16.5. The van der Waals surface area contributed by atoms with Crippen molar-refractivity contribution >= 4 is 17.8 Å². The van der Waals surface area contributed by atoms with Crippen LogP contribution < -0.4 is 4.90 Å². The minimum absolute atomic E-state index is 0.0325. The molecule has 1 amide bonds. The summed E-state index contributed by atoms with van der Waals surface area (Å²) in [6.07, 6.45) is 3.18. The third-order valence-electron chi connectivity index (χ3n) is 3.87. The van der Waals surface area contributed by atoms with Crippen LogP contribution in [-0.4, -0.2) is 54.0 Å². The fraction of sp³-hybridized carbons (Fsp3) is 0.333. The molecule has 0 saturated heterocycles. The first-order valence-corrected chi connectivity index (χ1v) is 7.93. The number of aromatic nitrogens is 2. The molecule has 1 aromatic carbocycles. The highest BCUT2D eigenvalue weighted by molar-refractivity contribution is 5.82. The molecule has 0 bridgehead atoms. The second-order valence-corrected chi connectivity index (χ2v) is 5.66. The third-order valence-corrected chi connectivity index (χ3v) is 3.87. The first-order valence-electron chi connectivity index (χ1n) is 7.93. The molecular weight excluding hydrogens is 320 g/mol. The van der Waals surface area contributed by atoms with Crippen LogP contribution >= 0.6 is 0 Å². The van der Waals surface area contributed by atoms with E-state index in [-0.39, 0.29) is 25.1 Å². The smallest absolute Gasteiger partial charge is 0.326 e. The minimum Gasteiger partial charge on any atom is -0.454 e. The number of anilines is 1. The van der Waals surface area contributed by atoms with Gasteiger partial charge >= 0.3 is 5.97 Å². The van der Waals surface area contributed by atoms with E-state index in [4.69, 9.17) is 4.74 Å². The number of hydrogen-bond donors (Lipinski definition) is 0. The lowest BCUT2D eigenvalue weighted by atomic mass is 10.1. The van der Waals surface area contributed by atoms with Gasteiger partial charge in [-0.1, -0.05) is 30.3 Å². The zero-order valence-corrected chi connectivity index (χ0v) is 14.6. The molecule has 2 rings (SSSR count). The first kappa shape index (κ1) is 18.4. The van der Waals surface area contributed by atoms with Crippen molar-refractivity contribution in [3.63, 3.8) is 0 Å². The topological polar surface area (TPSA) is 75.6 Å². The lowest BCUT2D eigenvalue weighted by Crippen LogP contribution is -2.35. The van der Waals surface area contributed by atoms with Gasteiger partial charge in [0.05, 0.1) is 6.04 Å². The van der Waals surface area contributed by atoms with Gasteiger partial charge in [0.1, 0.15) is 6.54 Å². The van der Waals surface area contributed by atoms with Crippen molar-refractivity contribution in [1.29, 1.82) is 0 Å². The van der Waals surface area contributed by atoms with Crippen LogP contribution in [0, 0.1) is 0 Å². The van der Waals surface area contributed by atoms with Crippen molar-refractivity contribution in [3.8, 4) is 0 Å². The van der Waals surface area contributed by atoms with Crippen LogP contribution in [0.1, 0.15) is 18.5 Å². The molecule has 0 aliphatic rings. The largest absolute Gasteiger partial charge is 0.454 e. The third kappa shape index (κ3) is 5.27. The summed E-state index contributed by atoms with van der Waals surface area (Å²) in [5, 5.41) is 0. The predicted molar refractivity (Wildman–Crippen MR) is 93.9 cm³/mol. The lowest BCUT2D eigenvalue weighted by Gasteiger charge is -2.25. The summed E-state index contributed by atoms with van der Waals surface area (Å²) in [5.41, 5.74) is 1.02. The van der Waals surface area contributed by atoms with Crippen molar-refractivity contribution in [2.45, 2.75) is 13.0 Å². The Kier molecular flexibility index (Phi) is 6.45. The van der Waals surface area contributed by atoms with E-state index in [1.54, 1.807) is 42.4 Å². The van der Waals surface area contributed by atoms with Gasteiger partial charge in [-0.3, -0.25) is 9.59 Å². The molecule has 2 aromatic rings. The van der Waals surface area contributed by atoms with E-state index >= 15 is 0 Å². The molecule has 0 N–H and O–H groups in total. The zero-order chi connectivity index (χ0) is 18.2. The van der Waals surface area contributed by atoms with Crippen LogP contribution in [0.2, 0.25) is 0 Å². The average Bonchev–Trinajstić information content (AvgIpc) is 2.66. The summed E-state index contributed by atoms with van der Waals surface area (Å²) in [5.74, 6) is -0.354. The standard InChI is InChI=1S/C18H22N4O3/c1-14(15-8-5-4-6-9-15)22(3)16(23)13-25-17(24)12-21(2)18-19-10-7-11-20-18/h4-11,14H,12-13H2,1-3H3. The Balaban J connectivity index is 1.81. The van der Waals surface area contributed by atoms with E-state index in [0.29, 0.717) is 5.95 Å². The van der Waals surface area contributed by atoms with Gasteiger partial charge in [-0.2, -0.15) is 0 Å².